The van der Waals surface area contributed by atoms with Crippen molar-refractivity contribution in [2.75, 3.05) is 13.7 Å². The molecule has 0 bridgehead atoms. The summed E-state index contributed by atoms with van der Waals surface area (Å²) in [7, 11) is 6.44. The van der Waals surface area contributed by atoms with E-state index in [4.69, 9.17) is 8.05 Å². The Bertz CT molecular complexity index is 97.0. The van der Waals surface area contributed by atoms with E-state index in [0.717, 1.165) is 0 Å². The third-order valence-electron chi connectivity index (χ3n) is 1.10. The minimum atomic E-state index is -0.269. The Morgan fingerprint density at radius 3 is 2.56 bits per heavy atom. The summed E-state index contributed by atoms with van der Waals surface area (Å²) in [5, 5.41) is 2.75. The summed E-state index contributed by atoms with van der Waals surface area (Å²) in [5.41, 5.74) is 0. The molecule has 0 amide bonds. The van der Waals surface area contributed by atoms with Crippen molar-refractivity contribution in [2.45, 2.75) is 13.0 Å². The molecule has 0 heterocycles. The molecule has 0 aliphatic rings. The van der Waals surface area contributed by atoms with Gasteiger partial charge in [-0.15, -0.1) is 0 Å². The van der Waals surface area contributed by atoms with E-state index in [0.29, 0.717) is 0 Å². The highest BCUT2D eigenvalue weighted by molar-refractivity contribution is 5.98. The predicted octanol–water partition coefficient (Wildman–Crippen LogP) is -0.737. The Morgan fingerprint density at radius 1 is 1.89 bits per heavy atom. The van der Waals surface area contributed by atoms with Crippen molar-refractivity contribution >= 4 is 13.8 Å². The van der Waals surface area contributed by atoms with Gasteiger partial charge < -0.3 is 9.97 Å². The van der Waals surface area contributed by atoms with Crippen LogP contribution >= 0.6 is 0 Å². The number of nitrogens with one attached hydrogen (secondary N) is 1. The molecule has 0 aromatic rings. The summed E-state index contributed by atoms with van der Waals surface area (Å²) < 4.78 is 4.27. The van der Waals surface area contributed by atoms with Crippen molar-refractivity contribution in [3.63, 3.8) is 0 Å². The van der Waals surface area contributed by atoms with Gasteiger partial charge in [-0.1, -0.05) is 0 Å². The van der Waals surface area contributed by atoms with Crippen LogP contribution in [0.15, 0.2) is 0 Å². The van der Waals surface area contributed by atoms with Gasteiger partial charge in [0.15, 0.2) is 0 Å². The number of carbonyl (C=O) groups is 1. The van der Waals surface area contributed by atoms with Crippen LogP contribution in [0.25, 0.3) is 0 Å². The van der Waals surface area contributed by atoms with Crippen LogP contribution in [0.5, 0.6) is 0 Å². The zero-order valence-corrected chi connectivity index (χ0v) is 5.68. The second kappa shape index (κ2) is 4.53. The van der Waals surface area contributed by atoms with E-state index in [2.05, 4.69) is 9.97 Å². The summed E-state index contributed by atoms with van der Waals surface area (Å²) in [6.07, 6.45) is 0. The molecule has 1 unspecified atom stereocenters. The minimum Gasteiger partial charge on any atom is -0.446 e. The molecule has 0 aromatic carbocycles. The highest BCUT2D eigenvalue weighted by atomic mass is 16.4. The average molecular weight is 127 g/mol. The molecule has 9 heavy (non-hydrogen) atoms. The summed E-state index contributed by atoms with van der Waals surface area (Å²) in [5.74, 6) is 0.0305. The van der Waals surface area contributed by atoms with E-state index in [9.17, 15) is 4.79 Å². The number of rotatable bonds is 4. The van der Waals surface area contributed by atoms with Crippen molar-refractivity contribution < 1.29 is 9.45 Å². The molecular weight excluding hydrogens is 117 g/mol. The van der Waals surface area contributed by atoms with Gasteiger partial charge in [-0.3, -0.25) is 4.79 Å². The van der Waals surface area contributed by atoms with E-state index in [1.54, 1.807) is 7.05 Å². The van der Waals surface area contributed by atoms with Crippen molar-refractivity contribution in [1.29, 1.82) is 0 Å². The lowest BCUT2D eigenvalue weighted by atomic mass is 10.2. The molecule has 0 fully saturated rings. The van der Waals surface area contributed by atoms with Gasteiger partial charge in [0.1, 0.15) is 5.78 Å². The van der Waals surface area contributed by atoms with E-state index in [1.165, 1.54) is 6.92 Å². The molecule has 0 aliphatic heterocycles. The molecule has 0 saturated heterocycles. The SMILES string of the molecule is [B]OCC(NC)C(C)=O. The van der Waals surface area contributed by atoms with Gasteiger partial charge in [-0.2, -0.15) is 0 Å². The number of carbonyl (C=O) groups excluding carboxylic acids is 1. The van der Waals surface area contributed by atoms with Crippen molar-refractivity contribution in [2.24, 2.45) is 0 Å². The first kappa shape index (κ1) is 8.65. The molecule has 1 atom stereocenters. The third-order valence-corrected chi connectivity index (χ3v) is 1.10. The van der Waals surface area contributed by atoms with Gasteiger partial charge in [0.05, 0.1) is 6.04 Å². The molecule has 3 nitrogen and oxygen atoms in total. The van der Waals surface area contributed by atoms with Crippen LogP contribution in [0.2, 0.25) is 0 Å². The van der Waals surface area contributed by atoms with Crippen LogP contribution in [-0.2, 0) is 9.45 Å². The molecule has 0 saturated carbocycles. The smallest absolute Gasteiger partial charge is 0.282 e. The lowest BCUT2D eigenvalue weighted by molar-refractivity contribution is -0.119. The van der Waals surface area contributed by atoms with Gasteiger partial charge in [0.2, 0.25) is 0 Å². The number of hydrogen-bond donors (Lipinski definition) is 1. The quantitative estimate of drug-likeness (QED) is 0.505. The molecule has 4 heteroatoms. The first-order valence-corrected chi connectivity index (χ1v) is 2.71. The molecule has 2 radical (unpaired) electrons. The fourth-order valence-electron chi connectivity index (χ4n) is 0.500. The number of Topliss-reactive ketones (excluding diaryl/α,β-unsaturated/α-hetero) is 1. The Morgan fingerprint density at radius 2 is 2.44 bits per heavy atom. The number of likely N-dealkylation sites (N-methyl/N-ethyl adjacent to an activating group) is 1. The second-order valence-corrected chi connectivity index (χ2v) is 1.79. The topological polar surface area (TPSA) is 38.3 Å². The molecule has 1 N–H and O–H groups in total. The van der Waals surface area contributed by atoms with E-state index < -0.39 is 0 Å². The third kappa shape index (κ3) is 3.27. The van der Waals surface area contributed by atoms with E-state index >= 15 is 0 Å². The van der Waals surface area contributed by atoms with Gasteiger partial charge in [-0.25, -0.2) is 0 Å². The lowest BCUT2D eigenvalue weighted by Crippen LogP contribution is -2.36. The Kier molecular flexibility index (Phi) is 4.35. The maximum atomic E-state index is 10.6. The fraction of sp³-hybridized carbons (Fsp3) is 0.800. The summed E-state index contributed by atoms with van der Waals surface area (Å²) in [6, 6.07) is -0.269. The predicted molar refractivity (Wildman–Crippen MR) is 35.2 cm³/mol. The highest BCUT2D eigenvalue weighted by Gasteiger charge is 2.08. The monoisotopic (exact) mass is 127 g/mol. The molecule has 0 spiro atoms. The average Bonchev–Trinajstić information content (AvgIpc) is 1.82. The maximum Gasteiger partial charge on any atom is 0.282 e. The Hall–Kier alpha value is -0.345. The standard InChI is InChI=1S/C5H10BNO2/c1-4(8)5(7-2)3-9-6/h5,7H,3H2,1-2H3. The van der Waals surface area contributed by atoms with Crippen molar-refractivity contribution in [3.05, 3.63) is 0 Å². The van der Waals surface area contributed by atoms with Crippen molar-refractivity contribution in [3.8, 4) is 0 Å². The zero-order chi connectivity index (χ0) is 7.28. The van der Waals surface area contributed by atoms with Crippen LogP contribution < -0.4 is 5.32 Å². The maximum absolute atomic E-state index is 10.6. The molecule has 0 aromatic heterocycles. The first-order chi connectivity index (χ1) is 4.22. The van der Waals surface area contributed by atoms with Gasteiger partial charge in [-0.05, 0) is 14.0 Å². The Balaban J connectivity index is 3.54. The van der Waals surface area contributed by atoms with E-state index in [-0.39, 0.29) is 18.4 Å². The lowest BCUT2D eigenvalue weighted by Gasteiger charge is -2.10. The van der Waals surface area contributed by atoms with Crippen LogP contribution in [-0.4, -0.2) is 33.5 Å². The second-order valence-electron chi connectivity index (χ2n) is 1.79. The first-order valence-electron chi connectivity index (χ1n) is 2.71. The number of hydrogen-bond acceptors (Lipinski definition) is 3. The highest BCUT2D eigenvalue weighted by Crippen LogP contribution is 1.83. The summed E-state index contributed by atoms with van der Waals surface area (Å²) >= 11 is 0. The minimum absolute atomic E-state index is 0.0305. The largest absolute Gasteiger partial charge is 0.446 e. The molecular formula is C5H10BNO2. The van der Waals surface area contributed by atoms with Crippen LogP contribution in [0.3, 0.4) is 0 Å². The van der Waals surface area contributed by atoms with E-state index in [1.807, 2.05) is 0 Å². The van der Waals surface area contributed by atoms with Gasteiger partial charge in [0.25, 0.3) is 8.05 Å². The van der Waals surface area contributed by atoms with Gasteiger partial charge in [0, 0.05) is 6.61 Å². The molecule has 50 valence electrons. The van der Waals surface area contributed by atoms with Gasteiger partial charge >= 0.3 is 0 Å². The van der Waals surface area contributed by atoms with Crippen molar-refractivity contribution in [1.82, 2.24) is 5.32 Å². The normalized spacial score (nSPS) is 13.1. The van der Waals surface area contributed by atoms with Crippen LogP contribution in [0.4, 0.5) is 0 Å². The summed E-state index contributed by atoms with van der Waals surface area (Å²) in [4.78, 5) is 10.6. The van der Waals surface area contributed by atoms with Crippen LogP contribution in [0, 0.1) is 0 Å². The number of ketones is 1. The fourth-order valence-corrected chi connectivity index (χ4v) is 0.500. The van der Waals surface area contributed by atoms with Crippen LogP contribution in [0.1, 0.15) is 6.92 Å². The summed E-state index contributed by atoms with van der Waals surface area (Å²) in [6.45, 7) is 1.71. The molecule has 0 aliphatic carbocycles. The zero-order valence-electron chi connectivity index (χ0n) is 5.68. The molecule has 0 rings (SSSR count). The Labute approximate surface area is 56.2 Å².